The van der Waals surface area contributed by atoms with Crippen LogP contribution in [0.15, 0.2) is 53.7 Å². The van der Waals surface area contributed by atoms with E-state index in [0.717, 1.165) is 56.3 Å². The second kappa shape index (κ2) is 9.60. The van der Waals surface area contributed by atoms with Crippen LogP contribution in [0.3, 0.4) is 0 Å². The molecule has 9 heteroatoms. The molecule has 2 heterocycles. The third kappa shape index (κ3) is 6.08. The third-order valence-corrected chi connectivity index (χ3v) is 5.19. The molecule has 1 aliphatic heterocycles. The maximum absolute atomic E-state index is 11.6. The molecular weight excluding hydrogens is 388 g/mol. The van der Waals surface area contributed by atoms with Crippen molar-refractivity contribution in [3.63, 3.8) is 0 Å². The molecule has 0 bridgehead atoms. The van der Waals surface area contributed by atoms with Gasteiger partial charge in [0, 0.05) is 38.9 Å². The zero-order valence-corrected chi connectivity index (χ0v) is 17.7. The third-order valence-electron chi connectivity index (χ3n) is 4.60. The lowest BCUT2D eigenvalue weighted by atomic mass is 10.2. The van der Waals surface area contributed by atoms with Gasteiger partial charge in [0.25, 0.3) is 0 Å². The molecule has 2 aromatic rings. The topological polar surface area (TPSA) is 89.9 Å². The Morgan fingerprint density at radius 2 is 1.83 bits per heavy atom. The maximum Gasteiger partial charge on any atom is 0.229 e. The van der Waals surface area contributed by atoms with Crippen molar-refractivity contribution in [1.29, 1.82) is 0 Å². The highest BCUT2D eigenvalue weighted by molar-refractivity contribution is 7.92. The lowest BCUT2D eigenvalue weighted by Crippen LogP contribution is -2.52. The van der Waals surface area contributed by atoms with Crippen LogP contribution in [0.4, 0.5) is 11.5 Å². The summed E-state index contributed by atoms with van der Waals surface area (Å²) in [7, 11) is -3.34. The van der Waals surface area contributed by atoms with E-state index in [-0.39, 0.29) is 0 Å². The van der Waals surface area contributed by atoms with Crippen molar-refractivity contribution in [3.8, 4) is 0 Å². The van der Waals surface area contributed by atoms with E-state index >= 15 is 0 Å². The first-order valence-electron chi connectivity index (χ1n) is 9.71. The average molecular weight is 417 g/mol. The van der Waals surface area contributed by atoms with Gasteiger partial charge < -0.3 is 15.1 Å². The Kier molecular flexibility index (Phi) is 6.92. The van der Waals surface area contributed by atoms with Crippen molar-refractivity contribution < 1.29 is 8.42 Å². The highest BCUT2D eigenvalue weighted by Gasteiger charge is 2.20. The largest absolute Gasteiger partial charge is 0.357 e. The molecule has 156 valence electrons. The smallest absolute Gasteiger partial charge is 0.229 e. The summed E-state index contributed by atoms with van der Waals surface area (Å²) < 4.78 is 25.8. The zero-order valence-electron chi connectivity index (χ0n) is 16.9. The van der Waals surface area contributed by atoms with Gasteiger partial charge in [0.15, 0.2) is 5.96 Å². The van der Waals surface area contributed by atoms with Gasteiger partial charge >= 0.3 is 0 Å². The predicted molar refractivity (Wildman–Crippen MR) is 118 cm³/mol. The van der Waals surface area contributed by atoms with Gasteiger partial charge in [0.05, 0.1) is 18.5 Å². The summed E-state index contributed by atoms with van der Waals surface area (Å²) in [5, 5.41) is 3.35. The minimum atomic E-state index is -3.34. The summed E-state index contributed by atoms with van der Waals surface area (Å²) in [6, 6.07) is 13.3. The first-order valence-corrected chi connectivity index (χ1v) is 11.6. The maximum atomic E-state index is 11.6. The van der Waals surface area contributed by atoms with Gasteiger partial charge in [0.2, 0.25) is 10.0 Å². The summed E-state index contributed by atoms with van der Waals surface area (Å²) in [6.45, 7) is 6.61. The molecule has 29 heavy (non-hydrogen) atoms. The molecule has 0 atom stereocenters. The van der Waals surface area contributed by atoms with E-state index in [1.807, 2.05) is 49.5 Å². The number of pyridine rings is 1. The van der Waals surface area contributed by atoms with Gasteiger partial charge in [0.1, 0.15) is 5.82 Å². The lowest BCUT2D eigenvalue weighted by Gasteiger charge is -2.37. The Labute approximate surface area is 172 Å². The summed E-state index contributed by atoms with van der Waals surface area (Å²) in [6.07, 6.45) is 2.97. The highest BCUT2D eigenvalue weighted by Crippen LogP contribution is 2.18. The van der Waals surface area contributed by atoms with Crippen LogP contribution in [0, 0.1) is 0 Å². The summed E-state index contributed by atoms with van der Waals surface area (Å²) >= 11 is 0. The monoisotopic (exact) mass is 416 g/mol. The van der Waals surface area contributed by atoms with Crippen LogP contribution in [-0.2, 0) is 16.6 Å². The molecule has 0 unspecified atom stereocenters. The molecule has 0 amide bonds. The van der Waals surface area contributed by atoms with Crippen molar-refractivity contribution in [2.45, 2.75) is 13.5 Å². The first kappa shape index (κ1) is 20.9. The molecule has 8 nitrogen and oxygen atoms in total. The molecule has 0 saturated carbocycles. The molecule has 3 rings (SSSR count). The first-order chi connectivity index (χ1) is 14.0. The molecule has 1 aromatic heterocycles. The number of hydrogen-bond acceptors (Lipinski definition) is 5. The van der Waals surface area contributed by atoms with E-state index in [1.165, 1.54) is 0 Å². The standard InChI is InChI=1S/C20H28N6O2S/c1-3-21-20(23-16-17-8-4-5-9-18(17)24-29(2,27)28)26-14-12-25(13-15-26)19-10-6-7-11-22-19/h4-11,24H,3,12-16H2,1-2H3,(H,21,23). The highest BCUT2D eigenvalue weighted by atomic mass is 32.2. The number of benzene rings is 1. The van der Waals surface area contributed by atoms with Crippen molar-refractivity contribution in [2.24, 2.45) is 4.99 Å². The van der Waals surface area contributed by atoms with E-state index < -0.39 is 10.0 Å². The van der Waals surface area contributed by atoms with Crippen molar-refractivity contribution >= 4 is 27.5 Å². The van der Waals surface area contributed by atoms with E-state index in [2.05, 4.69) is 24.8 Å². The lowest BCUT2D eigenvalue weighted by molar-refractivity contribution is 0.371. The van der Waals surface area contributed by atoms with Gasteiger partial charge in [-0.1, -0.05) is 24.3 Å². The van der Waals surface area contributed by atoms with Gasteiger partial charge in [-0.2, -0.15) is 0 Å². The Bertz CT molecular complexity index is 925. The average Bonchev–Trinajstić information content (AvgIpc) is 2.72. The number of nitrogens with one attached hydrogen (secondary N) is 2. The number of aliphatic imine (C=N–C) groups is 1. The van der Waals surface area contributed by atoms with Crippen molar-refractivity contribution in [2.75, 3.05) is 48.6 Å². The van der Waals surface area contributed by atoms with Crippen molar-refractivity contribution in [1.82, 2.24) is 15.2 Å². The Hall–Kier alpha value is -2.81. The SMILES string of the molecule is CCNC(=NCc1ccccc1NS(C)(=O)=O)N1CCN(c2ccccn2)CC1. The van der Waals surface area contributed by atoms with Gasteiger partial charge in [-0.05, 0) is 30.7 Å². The Morgan fingerprint density at radius 1 is 1.10 bits per heavy atom. The van der Waals surface area contributed by atoms with Crippen LogP contribution >= 0.6 is 0 Å². The fraction of sp³-hybridized carbons (Fsp3) is 0.400. The molecule has 2 N–H and O–H groups in total. The minimum absolute atomic E-state index is 0.390. The van der Waals surface area contributed by atoms with E-state index in [1.54, 1.807) is 6.07 Å². The Balaban J connectivity index is 1.68. The minimum Gasteiger partial charge on any atom is -0.357 e. The number of piperazine rings is 1. The fourth-order valence-corrected chi connectivity index (χ4v) is 3.83. The molecular formula is C20H28N6O2S. The second-order valence-corrected chi connectivity index (χ2v) is 8.61. The number of para-hydroxylation sites is 1. The number of guanidine groups is 1. The number of anilines is 2. The fourth-order valence-electron chi connectivity index (χ4n) is 3.23. The normalized spacial score (nSPS) is 15.3. The summed E-state index contributed by atoms with van der Waals surface area (Å²) in [5.74, 6) is 1.83. The quantitative estimate of drug-likeness (QED) is 0.551. The molecule has 0 spiro atoms. The van der Waals surface area contributed by atoms with Crippen LogP contribution in [-0.4, -0.2) is 63.2 Å². The molecule has 1 aromatic carbocycles. The van der Waals surface area contributed by atoms with Crippen molar-refractivity contribution in [3.05, 3.63) is 54.2 Å². The van der Waals surface area contributed by atoms with Crippen LogP contribution in [0.2, 0.25) is 0 Å². The van der Waals surface area contributed by atoms with Gasteiger partial charge in [-0.15, -0.1) is 0 Å². The summed E-state index contributed by atoms with van der Waals surface area (Å²) in [4.78, 5) is 13.7. The number of nitrogens with zero attached hydrogens (tertiary/aromatic N) is 4. The molecule has 1 fully saturated rings. The number of sulfonamides is 1. The number of hydrogen-bond donors (Lipinski definition) is 2. The van der Waals surface area contributed by atoms with Gasteiger partial charge in [-0.3, -0.25) is 4.72 Å². The van der Waals surface area contributed by atoms with Crippen LogP contribution < -0.4 is 14.9 Å². The van der Waals surface area contributed by atoms with Crippen LogP contribution in [0.5, 0.6) is 0 Å². The molecule has 0 radical (unpaired) electrons. The molecule has 0 aliphatic carbocycles. The van der Waals surface area contributed by atoms with E-state index in [0.29, 0.717) is 12.2 Å². The second-order valence-electron chi connectivity index (χ2n) is 6.86. The molecule has 1 saturated heterocycles. The summed E-state index contributed by atoms with van der Waals surface area (Å²) in [5.41, 5.74) is 1.40. The van der Waals surface area contributed by atoms with Gasteiger partial charge in [-0.25, -0.2) is 18.4 Å². The number of aromatic nitrogens is 1. The zero-order chi connectivity index (χ0) is 20.7. The van der Waals surface area contributed by atoms with E-state index in [9.17, 15) is 8.42 Å². The number of rotatable bonds is 6. The van der Waals surface area contributed by atoms with Crippen LogP contribution in [0.25, 0.3) is 0 Å². The molecule has 1 aliphatic rings. The van der Waals surface area contributed by atoms with Crippen LogP contribution in [0.1, 0.15) is 12.5 Å². The van der Waals surface area contributed by atoms with E-state index in [4.69, 9.17) is 4.99 Å². The predicted octanol–water partition coefficient (Wildman–Crippen LogP) is 1.74. The Morgan fingerprint density at radius 3 is 2.48 bits per heavy atom.